The lowest BCUT2D eigenvalue weighted by molar-refractivity contribution is -0.864. The van der Waals surface area contributed by atoms with Gasteiger partial charge in [-0.1, -0.05) is 6.58 Å². The first-order valence-electron chi connectivity index (χ1n) is 4.00. The predicted molar refractivity (Wildman–Crippen MR) is 55.7 cm³/mol. The maximum Gasteiger partial charge on any atom is 0.631 e. The third-order valence-corrected chi connectivity index (χ3v) is 0.677. The van der Waals surface area contributed by atoms with E-state index >= 15 is 0 Å². The van der Waals surface area contributed by atoms with Crippen molar-refractivity contribution in [3.05, 3.63) is 12.7 Å². The third kappa shape index (κ3) is 142. The van der Waals surface area contributed by atoms with Crippen molar-refractivity contribution in [3.8, 4) is 0 Å². The van der Waals surface area contributed by atoms with Crippen LogP contribution in [0.1, 0.15) is 0 Å². The summed E-state index contributed by atoms with van der Waals surface area (Å²) in [6.45, 7) is 4.67. The summed E-state index contributed by atoms with van der Waals surface area (Å²) in [7, 11) is 1.84. The van der Waals surface area contributed by atoms with Crippen LogP contribution < -0.4 is 5.02 Å². The quantitative estimate of drug-likeness (QED) is 0.185. The average Bonchev–Trinajstić information content (AvgIpc) is 1.79. The molecule has 0 amide bonds. The van der Waals surface area contributed by atoms with Crippen molar-refractivity contribution < 1.29 is 34.6 Å². The lowest BCUT2D eigenvalue weighted by Crippen LogP contribution is -2.33. The Morgan fingerprint density at radius 3 is 1.33 bits per heavy atom. The van der Waals surface area contributed by atoms with Gasteiger partial charge in [0.15, 0.2) is 0 Å². The Bertz CT molecular complexity index is 127. The van der Waals surface area contributed by atoms with Crippen LogP contribution in [0.4, 0.5) is 0 Å². The molecule has 0 aromatic rings. The molecule has 0 saturated carbocycles. The third-order valence-electron chi connectivity index (χ3n) is 0.677. The van der Waals surface area contributed by atoms with Gasteiger partial charge >= 0.3 is 14.6 Å². The molecular formula is C6H19B2NO6. The van der Waals surface area contributed by atoms with Crippen molar-refractivity contribution >= 4 is 14.6 Å². The van der Waals surface area contributed by atoms with Gasteiger partial charge in [0.1, 0.15) is 0 Å². The molecule has 0 spiro atoms. The number of likely N-dealkylation sites (N-methyl/N-ethyl adjacent to an activating group) is 1. The number of hydrogen-bond acceptors (Lipinski definition) is 6. The number of quaternary nitrogens is 1. The van der Waals surface area contributed by atoms with Crippen molar-refractivity contribution in [1.82, 2.24) is 0 Å². The van der Waals surface area contributed by atoms with Gasteiger partial charge < -0.3 is 34.6 Å². The molecule has 0 unspecified atom stereocenters. The van der Waals surface area contributed by atoms with E-state index in [1.54, 1.807) is 0 Å². The van der Waals surface area contributed by atoms with Crippen LogP contribution in [-0.4, -0.2) is 71.9 Å². The van der Waals surface area contributed by atoms with E-state index in [9.17, 15) is 0 Å². The Labute approximate surface area is 90.5 Å². The number of rotatable bonds is 2. The maximum atomic E-state index is 8.64. The fraction of sp³-hybridized carbons (Fsp3) is 0.667. The number of nitrogens with zero attached hydrogens (tertiary/aromatic N) is 1. The second-order valence-electron chi connectivity index (χ2n) is 3.43. The molecule has 0 aliphatic rings. The summed E-state index contributed by atoms with van der Waals surface area (Å²) in [5, 5.41) is 44.2. The Morgan fingerprint density at radius 2 is 1.33 bits per heavy atom. The standard InChI is InChI=1S/C6H14N.BH3O3.BH2O3/c1-5-6-7(2,3)4;2*2-1(3)4/h5H,1,6H2,2-4H3;2-4H;2-3H/q+1;;-1. The SMILES string of the molecule is C=CC[N+](C)(C)C.OB(O)O.[O-]B(O)O. The van der Waals surface area contributed by atoms with Crippen molar-refractivity contribution in [1.29, 1.82) is 0 Å². The Hall–Kier alpha value is -0.410. The van der Waals surface area contributed by atoms with Crippen LogP contribution in [0.2, 0.25) is 0 Å². The van der Waals surface area contributed by atoms with Crippen LogP contribution in [0.25, 0.3) is 0 Å². The minimum Gasteiger partial charge on any atom is -0.832 e. The summed E-state index contributed by atoms with van der Waals surface area (Å²) >= 11 is 0. The van der Waals surface area contributed by atoms with Gasteiger partial charge in [-0.05, 0) is 6.08 Å². The molecule has 0 rings (SSSR count). The van der Waals surface area contributed by atoms with Crippen LogP contribution in [0, 0.1) is 0 Å². The average molecular weight is 223 g/mol. The molecule has 0 atom stereocenters. The fourth-order valence-electron chi connectivity index (χ4n) is 0.387. The molecule has 0 fully saturated rings. The van der Waals surface area contributed by atoms with E-state index in [-0.39, 0.29) is 0 Å². The van der Waals surface area contributed by atoms with E-state index in [4.69, 9.17) is 30.1 Å². The second kappa shape index (κ2) is 11.7. The zero-order chi connectivity index (χ0) is 13.1. The Kier molecular flexibility index (Phi) is 15.6. The van der Waals surface area contributed by atoms with Gasteiger partial charge in [0.05, 0.1) is 27.7 Å². The minimum atomic E-state index is -2.42. The normalized spacial score (nSPS) is 8.87. The lowest BCUT2D eigenvalue weighted by atomic mass is 10.3. The van der Waals surface area contributed by atoms with Gasteiger partial charge in [-0.15, -0.1) is 0 Å². The second-order valence-corrected chi connectivity index (χ2v) is 3.43. The van der Waals surface area contributed by atoms with Crippen LogP contribution in [0.5, 0.6) is 0 Å². The summed E-state index contributed by atoms with van der Waals surface area (Å²) in [6, 6.07) is 0. The van der Waals surface area contributed by atoms with Gasteiger partial charge in [0, 0.05) is 0 Å². The van der Waals surface area contributed by atoms with Crippen molar-refractivity contribution in [2.24, 2.45) is 0 Å². The highest BCUT2D eigenvalue weighted by atomic mass is 16.5. The van der Waals surface area contributed by atoms with E-state index in [1.165, 1.54) is 0 Å². The molecule has 0 aliphatic carbocycles. The van der Waals surface area contributed by atoms with E-state index in [0.29, 0.717) is 0 Å². The molecule has 0 radical (unpaired) electrons. The molecule has 5 N–H and O–H groups in total. The zero-order valence-corrected chi connectivity index (χ0v) is 9.24. The molecular weight excluding hydrogens is 204 g/mol. The monoisotopic (exact) mass is 223 g/mol. The van der Waals surface area contributed by atoms with Gasteiger partial charge in [-0.2, -0.15) is 0 Å². The maximum absolute atomic E-state index is 8.64. The van der Waals surface area contributed by atoms with E-state index in [0.717, 1.165) is 11.0 Å². The molecule has 0 aliphatic heterocycles. The van der Waals surface area contributed by atoms with E-state index in [2.05, 4.69) is 27.7 Å². The first-order valence-corrected chi connectivity index (χ1v) is 4.00. The highest BCUT2D eigenvalue weighted by Crippen LogP contribution is 1.86. The lowest BCUT2D eigenvalue weighted by Gasteiger charge is -2.21. The number of hydrogen-bond donors (Lipinski definition) is 5. The summed E-state index contributed by atoms with van der Waals surface area (Å²) in [5.41, 5.74) is 0. The Morgan fingerprint density at radius 1 is 1.13 bits per heavy atom. The molecule has 9 heteroatoms. The largest absolute Gasteiger partial charge is 0.832 e. The van der Waals surface area contributed by atoms with Gasteiger partial charge in [-0.25, -0.2) is 0 Å². The van der Waals surface area contributed by atoms with Gasteiger partial charge in [-0.3, -0.25) is 0 Å². The molecule has 15 heavy (non-hydrogen) atoms. The van der Waals surface area contributed by atoms with Crippen LogP contribution in [0.15, 0.2) is 12.7 Å². The molecule has 7 nitrogen and oxygen atoms in total. The van der Waals surface area contributed by atoms with E-state index < -0.39 is 14.6 Å². The molecule has 0 heterocycles. The molecule has 0 bridgehead atoms. The zero-order valence-electron chi connectivity index (χ0n) is 9.24. The summed E-state index contributed by atoms with van der Waals surface area (Å²) < 4.78 is 0.976. The minimum absolute atomic E-state index is 0.976. The topological polar surface area (TPSA) is 124 Å². The first kappa shape index (κ1) is 20.1. The van der Waals surface area contributed by atoms with Gasteiger partial charge in [0.2, 0.25) is 0 Å². The molecule has 90 valence electrons. The summed E-state index contributed by atoms with van der Waals surface area (Å²) in [5.74, 6) is 0. The highest BCUT2D eigenvalue weighted by Gasteiger charge is 1.99. The summed E-state index contributed by atoms with van der Waals surface area (Å²) in [6.07, 6.45) is 1.93. The molecule has 0 aromatic carbocycles. The van der Waals surface area contributed by atoms with Crippen LogP contribution >= 0.6 is 0 Å². The smallest absolute Gasteiger partial charge is 0.631 e. The van der Waals surface area contributed by atoms with Crippen molar-refractivity contribution in [2.45, 2.75) is 0 Å². The first-order chi connectivity index (χ1) is 6.52. The fourth-order valence-corrected chi connectivity index (χ4v) is 0.387. The van der Waals surface area contributed by atoms with Crippen LogP contribution in [0.3, 0.4) is 0 Å². The molecule has 0 aromatic heterocycles. The Balaban J connectivity index is -0.000000155. The van der Waals surface area contributed by atoms with Crippen molar-refractivity contribution in [3.63, 3.8) is 0 Å². The van der Waals surface area contributed by atoms with Gasteiger partial charge in [0.25, 0.3) is 0 Å². The van der Waals surface area contributed by atoms with Crippen molar-refractivity contribution in [2.75, 3.05) is 27.7 Å². The van der Waals surface area contributed by atoms with Crippen LogP contribution in [-0.2, 0) is 0 Å². The summed E-state index contributed by atoms with van der Waals surface area (Å²) in [4.78, 5) is 0. The molecule has 0 saturated heterocycles. The van der Waals surface area contributed by atoms with E-state index in [1.807, 2.05) is 6.08 Å². The predicted octanol–water partition coefficient (Wildman–Crippen LogP) is -3.86. The highest BCUT2D eigenvalue weighted by molar-refractivity contribution is 6.30.